The molecule has 0 aliphatic rings. The largest absolute Gasteiger partial charge is 0.481 e. The molecule has 0 unspecified atom stereocenters. The third kappa shape index (κ3) is 3.42. The maximum atomic E-state index is 11.5. The fourth-order valence-corrected chi connectivity index (χ4v) is 1.77. The van der Waals surface area contributed by atoms with E-state index < -0.39 is 5.97 Å². The standard InChI is InChI=1S/C13H11ClN2O3/c14-10-4-1-8(2-5-10)11-7-9(3-6-12(17)18)13(19)16-15-11/h1-2,4-5,7H,3,6H2,(H,16,19)(H,17,18). The van der Waals surface area contributed by atoms with Crippen molar-refractivity contribution in [2.24, 2.45) is 0 Å². The van der Waals surface area contributed by atoms with Crippen LogP contribution in [0.3, 0.4) is 0 Å². The van der Waals surface area contributed by atoms with E-state index in [2.05, 4.69) is 10.2 Å². The van der Waals surface area contributed by atoms with Gasteiger partial charge in [-0.1, -0.05) is 23.7 Å². The monoisotopic (exact) mass is 278 g/mol. The minimum atomic E-state index is -0.941. The normalized spacial score (nSPS) is 10.4. The van der Waals surface area contributed by atoms with Crippen molar-refractivity contribution >= 4 is 17.6 Å². The van der Waals surface area contributed by atoms with Crippen LogP contribution in [0.5, 0.6) is 0 Å². The quantitative estimate of drug-likeness (QED) is 0.897. The number of benzene rings is 1. The van der Waals surface area contributed by atoms with Gasteiger partial charge in [0.25, 0.3) is 5.56 Å². The Hall–Kier alpha value is -2.14. The van der Waals surface area contributed by atoms with Crippen molar-refractivity contribution in [1.82, 2.24) is 10.2 Å². The van der Waals surface area contributed by atoms with Gasteiger partial charge in [-0.05, 0) is 24.6 Å². The topological polar surface area (TPSA) is 83.0 Å². The number of aliphatic carboxylic acids is 1. The molecule has 1 aromatic carbocycles. The molecule has 0 amide bonds. The Bertz CT molecular complexity index is 650. The number of H-pyrrole nitrogens is 1. The zero-order chi connectivity index (χ0) is 13.8. The number of hydrogen-bond acceptors (Lipinski definition) is 3. The predicted molar refractivity (Wildman–Crippen MR) is 71.3 cm³/mol. The molecule has 2 aromatic rings. The number of rotatable bonds is 4. The second-order valence-electron chi connectivity index (χ2n) is 4.01. The van der Waals surface area contributed by atoms with E-state index in [1.54, 1.807) is 30.3 Å². The summed E-state index contributed by atoms with van der Waals surface area (Å²) >= 11 is 5.80. The van der Waals surface area contributed by atoms with Gasteiger partial charge in [-0.15, -0.1) is 0 Å². The van der Waals surface area contributed by atoms with Crippen molar-refractivity contribution < 1.29 is 9.90 Å². The summed E-state index contributed by atoms with van der Waals surface area (Å²) in [5, 5.41) is 15.6. The van der Waals surface area contributed by atoms with E-state index in [1.807, 2.05) is 0 Å². The minimum absolute atomic E-state index is 0.0901. The van der Waals surface area contributed by atoms with Crippen LogP contribution >= 0.6 is 11.6 Å². The van der Waals surface area contributed by atoms with Gasteiger partial charge in [-0.2, -0.15) is 5.10 Å². The van der Waals surface area contributed by atoms with Crippen LogP contribution < -0.4 is 5.56 Å². The van der Waals surface area contributed by atoms with Gasteiger partial charge in [0.1, 0.15) is 0 Å². The number of carboxylic acid groups (broad SMARTS) is 1. The molecule has 0 aliphatic carbocycles. The number of hydrogen-bond donors (Lipinski definition) is 2. The van der Waals surface area contributed by atoms with Gasteiger partial charge in [0.15, 0.2) is 0 Å². The van der Waals surface area contributed by atoms with Gasteiger partial charge in [0.2, 0.25) is 0 Å². The van der Waals surface area contributed by atoms with E-state index in [0.717, 1.165) is 5.56 Å². The fraction of sp³-hybridized carbons (Fsp3) is 0.154. The van der Waals surface area contributed by atoms with E-state index in [9.17, 15) is 9.59 Å². The predicted octanol–water partition coefficient (Wildman–Crippen LogP) is 2.11. The number of aryl methyl sites for hydroxylation is 1. The van der Waals surface area contributed by atoms with E-state index in [1.165, 1.54) is 0 Å². The molecule has 0 atom stereocenters. The van der Waals surface area contributed by atoms with Crippen molar-refractivity contribution in [3.05, 3.63) is 51.3 Å². The number of aromatic amines is 1. The van der Waals surface area contributed by atoms with Crippen LogP contribution in [0.4, 0.5) is 0 Å². The molecule has 0 fully saturated rings. The van der Waals surface area contributed by atoms with Crippen LogP contribution in [-0.4, -0.2) is 21.3 Å². The van der Waals surface area contributed by atoms with Gasteiger partial charge in [-0.25, -0.2) is 5.10 Å². The van der Waals surface area contributed by atoms with Gasteiger partial charge < -0.3 is 5.11 Å². The lowest BCUT2D eigenvalue weighted by Crippen LogP contribution is -2.15. The van der Waals surface area contributed by atoms with E-state index >= 15 is 0 Å². The van der Waals surface area contributed by atoms with Crippen LogP contribution in [0.1, 0.15) is 12.0 Å². The number of carboxylic acids is 1. The number of nitrogens with zero attached hydrogens (tertiary/aromatic N) is 1. The van der Waals surface area contributed by atoms with E-state index in [-0.39, 0.29) is 18.4 Å². The fourth-order valence-electron chi connectivity index (χ4n) is 1.64. The molecule has 0 saturated carbocycles. The Kier molecular flexibility index (Phi) is 3.97. The molecular weight excluding hydrogens is 268 g/mol. The third-order valence-corrected chi connectivity index (χ3v) is 2.88. The van der Waals surface area contributed by atoms with Crippen molar-refractivity contribution in [1.29, 1.82) is 0 Å². The smallest absolute Gasteiger partial charge is 0.303 e. The average Bonchev–Trinajstić information content (AvgIpc) is 2.39. The van der Waals surface area contributed by atoms with Crippen LogP contribution in [0.2, 0.25) is 5.02 Å². The summed E-state index contributed by atoms with van der Waals surface area (Å²) in [5.74, 6) is -0.941. The highest BCUT2D eigenvalue weighted by molar-refractivity contribution is 6.30. The van der Waals surface area contributed by atoms with E-state index in [4.69, 9.17) is 16.7 Å². The molecule has 19 heavy (non-hydrogen) atoms. The van der Waals surface area contributed by atoms with Crippen molar-refractivity contribution in [2.45, 2.75) is 12.8 Å². The van der Waals surface area contributed by atoms with Crippen molar-refractivity contribution in [3.63, 3.8) is 0 Å². The van der Waals surface area contributed by atoms with Crippen LogP contribution in [-0.2, 0) is 11.2 Å². The zero-order valence-corrected chi connectivity index (χ0v) is 10.6. The number of carbonyl (C=O) groups is 1. The number of nitrogens with one attached hydrogen (secondary N) is 1. The van der Waals surface area contributed by atoms with Gasteiger partial charge in [0, 0.05) is 22.6 Å². The second kappa shape index (κ2) is 5.67. The minimum Gasteiger partial charge on any atom is -0.481 e. The molecule has 0 aliphatic heterocycles. The Labute approximate surface area is 113 Å². The zero-order valence-electron chi connectivity index (χ0n) is 9.89. The summed E-state index contributed by atoms with van der Waals surface area (Å²) in [6, 6.07) is 8.61. The molecule has 1 heterocycles. The molecular formula is C13H11ClN2O3. The van der Waals surface area contributed by atoms with Gasteiger partial charge >= 0.3 is 5.97 Å². The maximum absolute atomic E-state index is 11.5. The summed E-state index contributed by atoms with van der Waals surface area (Å²) in [5.41, 5.74) is 1.43. The van der Waals surface area contributed by atoms with Crippen molar-refractivity contribution in [2.75, 3.05) is 0 Å². The van der Waals surface area contributed by atoms with Crippen LogP contribution in [0.15, 0.2) is 35.1 Å². The van der Waals surface area contributed by atoms with E-state index in [0.29, 0.717) is 16.3 Å². The highest BCUT2D eigenvalue weighted by atomic mass is 35.5. The molecule has 1 aromatic heterocycles. The van der Waals surface area contributed by atoms with Crippen LogP contribution in [0.25, 0.3) is 11.3 Å². The highest BCUT2D eigenvalue weighted by Crippen LogP contribution is 2.19. The summed E-state index contributed by atoms with van der Waals surface area (Å²) in [7, 11) is 0. The Morgan fingerprint density at radius 3 is 2.63 bits per heavy atom. The molecule has 2 rings (SSSR count). The first-order valence-electron chi connectivity index (χ1n) is 5.62. The molecule has 0 radical (unpaired) electrons. The lowest BCUT2D eigenvalue weighted by atomic mass is 10.1. The average molecular weight is 279 g/mol. The van der Waals surface area contributed by atoms with Gasteiger partial charge in [0.05, 0.1) is 5.69 Å². The first kappa shape index (κ1) is 13.3. The summed E-state index contributed by atoms with van der Waals surface area (Å²) in [6.07, 6.45) is 0.0843. The molecule has 2 N–H and O–H groups in total. The third-order valence-electron chi connectivity index (χ3n) is 2.63. The number of halogens is 1. The van der Waals surface area contributed by atoms with Gasteiger partial charge in [-0.3, -0.25) is 9.59 Å². The summed E-state index contributed by atoms with van der Waals surface area (Å²) in [4.78, 5) is 22.1. The molecule has 98 valence electrons. The lowest BCUT2D eigenvalue weighted by molar-refractivity contribution is -0.136. The lowest BCUT2D eigenvalue weighted by Gasteiger charge is -2.03. The SMILES string of the molecule is O=C(O)CCc1cc(-c2ccc(Cl)cc2)n[nH]c1=O. The summed E-state index contributed by atoms with van der Waals surface area (Å²) in [6.45, 7) is 0. The molecule has 5 nitrogen and oxygen atoms in total. The maximum Gasteiger partial charge on any atom is 0.303 e. The first-order valence-corrected chi connectivity index (χ1v) is 6.00. The molecule has 0 bridgehead atoms. The van der Waals surface area contributed by atoms with Crippen molar-refractivity contribution in [3.8, 4) is 11.3 Å². The molecule has 6 heteroatoms. The Morgan fingerprint density at radius 1 is 1.32 bits per heavy atom. The molecule has 0 spiro atoms. The molecule has 0 saturated heterocycles. The summed E-state index contributed by atoms with van der Waals surface area (Å²) < 4.78 is 0. The number of aromatic nitrogens is 2. The Morgan fingerprint density at radius 2 is 2.00 bits per heavy atom. The highest BCUT2D eigenvalue weighted by Gasteiger charge is 2.07. The first-order chi connectivity index (χ1) is 9.06. The second-order valence-corrected chi connectivity index (χ2v) is 4.44. The van der Waals surface area contributed by atoms with Crippen LogP contribution in [0, 0.1) is 0 Å². The Balaban J connectivity index is 2.32.